The molecule has 0 saturated carbocycles. The molecule has 0 aliphatic heterocycles. The van der Waals surface area contributed by atoms with Crippen LogP contribution in [0.2, 0.25) is 0 Å². The number of nitrogens with one attached hydrogen (secondary N) is 1. The van der Waals surface area contributed by atoms with E-state index in [1.807, 2.05) is 0 Å². The molecule has 2 rings (SSSR count). The van der Waals surface area contributed by atoms with Crippen LogP contribution in [0.5, 0.6) is 0 Å². The molecule has 0 atom stereocenters. The van der Waals surface area contributed by atoms with Gasteiger partial charge in [0.15, 0.2) is 0 Å². The summed E-state index contributed by atoms with van der Waals surface area (Å²) >= 11 is 6.52. The van der Waals surface area contributed by atoms with Crippen molar-refractivity contribution in [1.29, 1.82) is 0 Å². The van der Waals surface area contributed by atoms with Crippen molar-refractivity contribution in [1.82, 2.24) is 5.43 Å². The smallest absolute Gasteiger partial charge is 0.128 e. The van der Waals surface area contributed by atoms with E-state index in [4.69, 9.17) is 5.84 Å². The first-order chi connectivity index (χ1) is 9.02. The number of hydrazine groups is 1. The maximum atomic E-state index is 13.9. The number of rotatable bonds is 3. The first-order valence-corrected chi connectivity index (χ1v) is 6.97. The molecule has 19 heavy (non-hydrogen) atoms. The van der Waals surface area contributed by atoms with Gasteiger partial charge in [0.05, 0.1) is 6.04 Å². The van der Waals surface area contributed by atoms with E-state index in [-0.39, 0.29) is 11.1 Å². The molecule has 0 radical (unpaired) electrons. The highest BCUT2D eigenvalue weighted by Crippen LogP contribution is 2.29. The molecule has 0 aliphatic rings. The molecule has 2 aromatic rings. The lowest BCUT2D eigenvalue weighted by Gasteiger charge is -2.19. The van der Waals surface area contributed by atoms with Gasteiger partial charge in [-0.1, -0.05) is 31.9 Å². The summed E-state index contributed by atoms with van der Waals surface area (Å²) in [5, 5.41) is 0. The second-order valence-electron chi connectivity index (χ2n) is 3.93. The highest BCUT2D eigenvalue weighted by Gasteiger charge is 2.20. The van der Waals surface area contributed by atoms with E-state index in [0.717, 1.165) is 0 Å². The van der Waals surface area contributed by atoms with E-state index in [1.165, 1.54) is 12.1 Å². The van der Waals surface area contributed by atoms with E-state index >= 15 is 0 Å². The first-order valence-electron chi connectivity index (χ1n) is 5.39. The van der Waals surface area contributed by atoms with Crippen molar-refractivity contribution in [3.8, 4) is 0 Å². The van der Waals surface area contributed by atoms with Crippen LogP contribution >= 0.6 is 31.9 Å². The zero-order valence-electron chi connectivity index (χ0n) is 9.63. The molecule has 0 saturated heterocycles. The Kier molecular flexibility index (Phi) is 4.67. The van der Waals surface area contributed by atoms with Crippen LogP contribution in [0.1, 0.15) is 17.2 Å². The average molecular weight is 392 g/mol. The van der Waals surface area contributed by atoms with E-state index in [0.29, 0.717) is 8.95 Å². The van der Waals surface area contributed by atoms with Gasteiger partial charge in [0, 0.05) is 20.1 Å². The summed E-state index contributed by atoms with van der Waals surface area (Å²) in [7, 11) is 0. The second kappa shape index (κ2) is 6.09. The van der Waals surface area contributed by atoms with Gasteiger partial charge in [-0.3, -0.25) is 5.84 Å². The Morgan fingerprint density at radius 3 is 1.68 bits per heavy atom. The van der Waals surface area contributed by atoms with Gasteiger partial charge in [0.2, 0.25) is 0 Å². The Morgan fingerprint density at radius 2 is 1.32 bits per heavy atom. The number of nitrogens with two attached hydrogens (primary N) is 1. The number of benzene rings is 2. The van der Waals surface area contributed by atoms with Crippen LogP contribution in [0, 0.1) is 11.6 Å². The normalized spacial score (nSPS) is 11.1. The van der Waals surface area contributed by atoms with Gasteiger partial charge in [-0.25, -0.2) is 14.2 Å². The fourth-order valence-corrected chi connectivity index (χ4v) is 2.58. The molecule has 0 unspecified atom stereocenters. The molecule has 0 fully saturated rings. The zero-order valence-corrected chi connectivity index (χ0v) is 12.8. The van der Waals surface area contributed by atoms with E-state index in [9.17, 15) is 8.78 Å². The molecule has 2 aromatic carbocycles. The van der Waals surface area contributed by atoms with E-state index in [2.05, 4.69) is 37.3 Å². The summed E-state index contributed by atoms with van der Waals surface area (Å²) in [5.41, 5.74) is 2.99. The number of hydrogen-bond acceptors (Lipinski definition) is 2. The molecule has 6 heteroatoms. The molecule has 0 bridgehead atoms. The molecule has 2 nitrogen and oxygen atoms in total. The minimum absolute atomic E-state index is 0.272. The first kappa shape index (κ1) is 14.6. The quantitative estimate of drug-likeness (QED) is 0.612. The van der Waals surface area contributed by atoms with E-state index in [1.54, 1.807) is 24.3 Å². The largest absolute Gasteiger partial charge is 0.271 e. The molecule has 100 valence electrons. The van der Waals surface area contributed by atoms with Gasteiger partial charge < -0.3 is 0 Å². The molecular formula is C13H10Br2F2N2. The van der Waals surface area contributed by atoms with E-state index < -0.39 is 17.7 Å². The predicted molar refractivity (Wildman–Crippen MR) is 77.4 cm³/mol. The van der Waals surface area contributed by atoms with Gasteiger partial charge in [-0.05, 0) is 36.4 Å². The van der Waals surface area contributed by atoms with Gasteiger partial charge >= 0.3 is 0 Å². The fraction of sp³-hybridized carbons (Fsp3) is 0.0769. The predicted octanol–water partition coefficient (Wildman–Crippen LogP) is 4.04. The summed E-state index contributed by atoms with van der Waals surface area (Å²) in [6, 6.07) is 8.13. The molecular weight excluding hydrogens is 382 g/mol. The Hall–Kier alpha value is -0.820. The van der Waals surface area contributed by atoms with Crippen molar-refractivity contribution in [3.63, 3.8) is 0 Å². The Labute approximate surface area is 126 Å². The van der Waals surface area contributed by atoms with Crippen LogP contribution in [0.15, 0.2) is 45.3 Å². The third kappa shape index (κ3) is 3.20. The molecule has 0 amide bonds. The molecule has 3 N–H and O–H groups in total. The Bertz CT molecular complexity index is 554. The summed E-state index contributed by atoms with van der Waals surface area (Å²) in [5.74, 6) is 4.55. The standard InChI is InChI=1S/C13H10Br2F2N2/c14-7-1-3-11(16)9(5-7)13(19-18)10-6-8(15)2-4-12(10)17/h1-6,13,19H,18H2. The molecule has 0 spiro atoms. The van der Waals surface area contributed by atoms with Crippen molar-refractivity contribution < 1.29 is 8.78 Å². The van der Waals surface area contributed by atoms with Crippen molar-refractivity contribution in [2.45, 2.75) is 6.04 Å². The zero-order chi connectivity index (χ0) is 14.0. The Morgan fingerprint density at radius 1 is 0.895 bits per heavy atom. The van der Waals surface area contributed by atoms with Crippen LogP contribution in [0.4, 0.5) is 8.78 Å². The molecule has 0 aliphatic carbocycles. The highest BCUT2D eigenvalue weighted by molar-refractivity contribution is 9.10. The number of hydrogen-bond donors (Lipinski definition) is 2. The fourth-order valence-electron chi connectivity index (χ4n) is 1.82. The lowest BCUT2D eigenvalue weighted by molar-refractivity contribution is 0.530. The van der Waals surface area contributed by atoms with Crippen LogP contribution in [0.25, 0.3) is 0 Å². The summed E-state index contributed by atoms with van der Waals surface area (Å²) in [4.78, 5) is 0. The number of halogens is 4. The maximum absolute atomic E-state index is 13.9. The Balaban J connectivity index is 2.55. The topological polar surface area (TPSA) is 38.0 Å². The van der Waals surface area contributed by atoms with Crippen molar-refractivity contribution >= 4 is 31.9 Å². The van der Waals surface area contributed by atoms with Crippen molar-refractivity contribution in [2.24, 2.45) is 5.84 Å². The van der Waals surface area contributed by atoms with Gasteiger partial charge in [-0.2, -0.15) is 0 Å². The minimum Gasteiger partial charge on any atom is -0.271 e. The summed E-state index contributed by atoms with van der Waals surface area (Å²) in [6.07, 6.45) is 0. The SMILES string of the molecule is NNC(c1cc(Br)ccc1F)c1cc(Br)ccc1F. The molecule has 0 aromatic heterocycles. The molecule has 0 heterocycles. The van der Waals surface area contributed by atoms with Gasteiger partial charge in [0.25, 0.3) is 0 Å². The maximum Gasteiger partial charge on any atom is 0.128 e. The van der Waals surface area contributed by atoms with Gasteiger partial charge in [-0.15, -0.1) is 0 Å². The third-order valence-electron chi connectivity index (χ3n) is 2.70. The van der Waals surface area contributed by atoms with Crippen LogP contribution in [0.3, 0.4) is 0 Å². The summed E-state index contributed by atoms with van der Waals surface area (Å²) < 4.78 is 29.1. The monoisotopic (exact) mass is 390 g/mol. The van der Waals surface area contributed by atoms with Crippen molar-refractivity contribution in [3.05, 3.63) is 68.1 Å². The van der Waals surface area contributed by atoms with Crippen LogP contribution in [-0.2, 0) is 0 Å². The van der Waals surface area contributed by atoms with Crippen LogP contribution in [-0.4, -0.2) is 0 Å². The average Bonchev–Trinajstić information content (AvgIpc) is 2.38. The highest BCUT2D eigenvalue weighted by atomic mass is 79.9. The summed E-state index contributed by atoms with van der Waals surface area (Å²) in [6.45, 7) is 0. The third-order valence-corrected chi connectivity index (χ3v) is 3.69. The second-order valence-corrected chi connectivity index (χ2v) is 5.76. The van der Waals surface area contributed by atoms with Crippen molar-refractivity contribution in [2.75, 3.05) is 0 Å². The van der Waals surface area contributed by atoms with Gasteiger partial charge in [0.1, 0.15) is 11.6 Å². The lowest BCUT2D eigenvalue weighted by atomic mass is 9.98. The van der Waals surface area contributed by atoms with Crippen LogP contribution < -0.4 is 11.3 Å². The minimum atomic E-state index is -0.769. The lowest BCUT2D eigenvalue weighted by Crippen LogP contribution is -2.30.